The summed E-state index contributed by atoms with van der Waals surface area (Å²) < 4.78 is 5.35. The van der Waals surface area contributed by atoms with Gasteiger partial charge in [0.05, 0.1) is 13.2 Å². The van der Waals surface area contributed by atoms with E-state index in [2.05, 4.69) is 21.4 Å². The van der Waals surface area contributed by atoms with Gasteiger partial charge in [0, 0.05) is 42.5 Å². The quantitative estimate of drug-likeness (QED) is 0.649. The number of carbonyl (C=O) groups is 1. The Morgan fingerprint density at radius 2 is 2.00 bits per heavy atom. The molecule has 4 heterocycles. The molecule has 7 nitrogen and oxygen atoms in total. The zero-order chi connectivity index (χ0) is 18.9. The molecule has 7 heteroatoms. The molecule has 0 unspecified atom stereocenters. The second kappa shape index (κ2) is 7.31. The van der Waals surface area contributed by atoms with Crippen LogP contribution in [0.1, 0.15) is 36.2 Å². The van der Waals surface area contributed by atoms with Gasteiger partial charge >= 0.3 is 0 Å². The third kappa shape index (κ3) is 3.26. The maximum absolute atomic E-state index is 12.8. The van der Waals surface area contributed by atoms with Crippen molar-refractivity contribution in [2.45, 2.75) is 31.7 Å². The molecule has 1 aliphatic heterocycles. The summed E-state index contributed by atoms with van der Waals surface area (Å²) in [5.74, 6) is 0.914. The number of nitrogens with one attached hydrogen (secondary N) is 3. The summed E-state index contributed by atoms with van der Waals surface area (Å²) in [6.07, 6.45) is 8.77. The van der Waals surface area contributed by atoms with Gasteiger partial charge in [0.25, 0.3) is 5.91 Å². The van der Waals surface area contributed by atoms with Crippen LogP contribution in [0.5, 0.6) is 0 Å². The summed E-state index contributed by atoms with van der Waals surface area (Å²) in [4.78, 5) is 25.7. The lowest BCUT2D eigenvalue weighted by atomic mass is 10.1. The van der Waals surface area contributed by atoms with Crippen LogP contribution in [0.15, 0.2) is 30.6 Å². The van der Waals surface area contributed by atoms with Gasteiger partial charge in [0.1, 0.15) is 17.2 Å². The largest absolute Gasteiger partial charge is 0.378 e. The molecule has 1 amide bonds. The smallest absolute Gasteiger partial charge is 0.270 e. The SMILES string of the molecule is O=C(c1cc(-c2cc(NC3CCCC3)nc3[nH]ccc23)c[nH]1)N1CCOCC1. The third-order valence-electron chi connectivity index (χ3n) is 5.76. The van der Waals surface area contributed by atoms with Gasteiger partial charge in [-0.2, -0.15) is 0 Å². The molecule has 0 aromatic carbocycles. The van der Waals surface area contributed by atoms with Gasteiger partial charge in [0.2, 0.25) is 0 Å². The predicted molar refractivity (Wildman–Crippen MR) is 108 cm³/mol. The van der Waals surface area contributed by atoms with Crippen LogP contribution in [0, 0.1) is 0 Å². The lowest BCUT2D eigenvalue weighted by Crippen LogP contribution is -2.40. The molecule has 0 spiro atoms. The number of amides is 1. The zero-order valence-electron chi connectivity index (χ0n) is 15.8. The normalized spacial score (nSPS) is 18.1. The molecule has 28 heavy (non-hydrogen) atoms. The highest BCUT2D eigenvalue weighted by molar-refractivity contribution is 5.98. The number of nitrogens with zero attached hydrogens (tertiary/aromatic N) is 2. The molecule has 3 N–H and O–H groups in total. The van der Waals surface area contributed by atoms with Crippen molar-refractivity contribution < 1.29 is 9.53 Å². The summed E-state index contributed by atoms with van der Waals surface area (Å²) in [7, 11) is 0. The van der Waals surface area contributed by atoms with E-state index in [1.807, 2.05) is 29.4 Å². The number of hydrogen-bond donors (Lipinski definition) is 3. The van der Waals surface area contributed by atoms with Gasteiger partial charge < -0.3 is 24.9 Å². The lowest BCUT2D eigenvalue weighted by molar-refractivity contribution is 0.0299. The van der Waals surface area contributed by atoms with Crippen LogP contribution in [0.2, 0.25) is 0 Å². The van der Waals surface area contributed by atoms with E-state index in [1.165, 1.54) is 25.7 Å². The van der Waals surface area contributed by atoms with Crippen molar-refractivity contribution in [3.8, 4) is 11.1 Å². The Labute approximate surface area is 163 Å². The Bertz CT molecular complexity index is 980. The number of aromatic nitrogens is 3. The minimum Gasteiger partial charge on any atom is -0.378 e. The van der Waals surface area contributed by atoms with Gasteiger partial charge in [-0.25, -0.2) is 4.98 Å². The summed E-state index contributed by atoms with van der Waals surface area (Å²) in [5, 5.41) is 4.64. The van der Waals surface area contributed by atoms with Crippen LogP contribution in [0.3, 0.4) is 0 Å². The van der Waals surface area contributed by atoms with Crippen molar-refractivity contribution in [2.75, 3.05) is 31.6 Å². The molecule has 2 fully saturated rings. The Morgan fingerprint density at radius 1 is 1.18 bits per heavy atom. The van der Waals surface area contributed by atoms with Crippen LogP contribution >= 0.6 is 0 Å². The molecule has 1 aliphatic carbocycles. The molecule has 0 radical (unpaired) electrons. The Balaban J connectivity index is 1.46. The lowest BCUT2D eigenvalue weighted by Gasteiger charge is -2.26. The van der Waals surface area contributed by atoms with Gasteiger partial charge in [-0.1, -0.05) is 12.8 Å². The number of carbonyl (C=O) groups excluding carboxylic acids is 1. The van der Waals surface area contributed by atoms with Crippen LogP contribution in [-0.2, 0) is 4.74 Å². The van der Waals surface area contributed by atoms with Gasteiger partial charge in [-0.05, 0) is 36.6 Å². The van der Waals surface area contributed by atoms with Gasteiger partial charge in [0.15, 0.2) is 0 Å². The van der Waals surface area contributed by atoms with Crippen LogP contribution < -0.4 is 5.32 Å². The minimum absolute atomic E-state index is 0.0261. The number of anilines is 1. The molecule has 1 saturated carbocycles. The fourth-order valence-electron chi connectivity index (χ4n) is 4.24. The fourth-order valence-corrected chi connectivity index (χ4v) is 4.24. The van der Waals surface area contributed by atoms with Crippen molar-refractivity contribution in [3.05, 3.63) is 36.3 Å². The van der Waals surface area contributed by atoms with E-state index in [0.717, 1.165) is 28.0 Å². The van der Waals surface area contributed by atoms with Gasteiger partial charge in [-0.15, -0.1) is 0 Å². The molecule has 5 rings (SSSR count). The number of rotatable bonds is 4. The number of hydrogen-bond acceptors (Lipinski definition) is 4. The molecule has 3 aromatic rings. The van der Waals surface area contributed by atoms with Gasteiger partial charge in [-0.3, -0.25) is 4.79 Å². The summed E-state index contributed by atoms with van der Waals surface area (Å²) in [5.41, 5.74) is 3.55. The Hall–Kier alpha value is -2.80. The molecule has 0 bridgehead atoms. The number of aromatic amines is 2. The molecule has 3 aromatic heterocycles. The third-order valence-corrected chi connectivity index (χ3v) is 5.76. The minimum atomic E-state index is 0.0261. The average molecular weight is 379 g/mol. The first-order valence-corrected chi connectivity index (χ1v) is 10.1. The van der Waals surface area contributed by atoms with Crippen molar-refractivity contribution in [2.24, 2.45) is 0 Å². The predicted octanol–water partition coefficient (Wildman–Crippen LogP) is 3.38. The highest BCUT2D eigenvalue weighted by Gasteiger charge is 2.21. The first-order chi connectivity index (χ1) is 13.8. The van der Waals surface area contributed by atoms with E-state index in [-0.39, 0.29) is 5.91 Å². The zero-order valence-corrected chi connectivity index (χ0v) is 15.8. The highest BCUT2D eigenvalue weighted by Crippen LogP contribution is 2.32. The second-order valence-corrected chi connectivity index (χ2v) is 7.63. The van der Waals surface area contributed by atoms with E-state index < -0.39 is 0 Å². The van der Waals surface area contributed by atoms with Crippen LogP contribution in [0.4, 0.5) is 5.82 Å². The highest BCUT2D eigenvalue weighted by atomic mass is 16.5. The fraction of sp³-hybridized carbons (Fsp3) is 0.429. The van der Waals surface area contributed by atoms with Crippen molar-refractivity contribution in [1.29, 1.82) is 0 Å². The monoisotopic (exact) mass is 379 g/mol. The Morgan fingerprint density at radius 3 is 2.82 bits per heavy atom. The van der Waals surface area contributed by atoms with E-state index >= 15 is 0 Å². The number of pyridine rings is 1. The summed E-state index contributed by atoms with van der Waals surface area (Å²) >= 11 is 0. The van der Waals surface area contributed by atoms with E-state index in [9.17, 15) is 4.79 Å². The Kier molecular flexibility index (Phi) is 4.52. The maximum Gasteiger partial charge on any atom is 0.270 e. The average Bonchev–Trinajstić information content (AvgIpc) is 3.49. The number of fused-ring (bicyclic) bond motifs is 1. The molecule has 0 atom stereocenters. The first kappa shape index (κ1) is 17.3. The second-order valence-electron chi connectivity index (χ2n) is 7.63. The van der Waals surface area contributed by atoms with Crippen molar-refractivity contribution in [1.82, 2.24) is 19.9 Å². The van der Waals surface area contributed by atoms with Crippen molar-refractivity contribution in [3.63, 3.8) is 0 Å². The van der Waals surface area contributed by atoms with E-state index in [0.29, 0.717) is 38.0 Å². The number of ether oxygens (including phenoxy) is 1. The van der Waals surface area contributed by atoms with Crippen LogP contribution in [-0.4, -0.2) is 58.1 Å². The molecular weight excluding hydrogens is 354 g/mol. The maximum atomic E-state index is 12.8. The number of morpholine rings is 1. The number of H-pyrrole nitrogens is 2. The molecular formula is C21H25N5O2. The van der Waals surface area contributed by atoms with E-state index in [1.54, 1.807) is 0 Å². The van der Waals surface area contributed by atoms with Crippen molar-refractivity contribution >= 4 is 22.8 Å². The molecule has 146 valence electrons. The van der Waals surface area contributed by atoms with Crippen LogP contribution in [0.25, 0.3) is 22.2 Å². The summed E-state index contributed by atoms with van der Waals surface area (Å²) in [6, 6.07) is 6.57. The topological polar surface area (TPSA) is 86.0 Å². The molecule has 1 saturated heterocycles. The van der Waals surface area contributed by atoms with E-state index in [4.69, 9.17) is 9.72 Å². The standard InChI is InChI=1S/C21H25N5O2/c27-21(26-7-9-28-10-8-26)18-11-14(13-23-18)17-12-19(24-15-3-1-2-4-15)25-20-16(17)5-6-22-20/h5-6,11-13,15,23H,1-4,7-10H2,(H2,22,24,25). The summed E-state index contributed by atoms with van der Waals surface area (Å²) in [6.45, 7) is 2.48. The molecule has 2 aliphatic rings. The first-order valence-electron chi connectivity index (χ1n) is 10.1.